The Morgan fingerprint density at radius 1 is 1.23 bits per heavy atom. The molecular formula is C15H16N6O. The molecule has 1 aromatic carbocycles. The molecule has 0 unspecified atom stereocenters. The molecule has 0 radical (unpaired) electrons. The molecule has 0 spiro atoms. The first-order valence-corrected chi connectivity index (χ1v) is 6.81. The van der Waals surface area contributed by atoms with E-state index >= 15 is 0 Å². The van der Waals surface area contributed by atoms with Crippen LogP contribution in [0.25, 0.3) is 11.2 Å². The van der Waals surface area contributed by atoms with Gasteiger partial charge in [-0.15, -0.1) is 0 Å². The lowest BCUT2D eigenvalue weighted by atomic mass is 10.2. The topological polar surface area (TPSA) is 79.3 Å². The Balaban J connectivity index is 1.88. The molecule has 22 heavy (non-hydrogen) atoms. The number of H-pyrrole nitrogens is 1. The number of fused-ring (bicyclic) bond motifs is 1. The van der Waals surface area contributed by atoms with Gasteiger partial charge in [0.1, 0.15) is 12.1 Å². The van der Waals surface area contributed by atoms with Crippen LogP contribution in [0.5, 0.6) is 5.88 Å². The second kappa shape index (κ2) is 6.21. The summed E-state index contributed by atoms with van der Waals surface area (Å²) >= 11 is 0. The number of aliphatic imine (C=N–C) groups is 1. The highest BCUT2D eigenvalue weighted by atomic mass is 16.5. The Morgan fingerprint density at radius 3 is 2.82 bits per heavy atom. The highest BCUT2D eigenvalue weighted by Gasteiger charge is 2.11. The SMILES string of the molecule is CN(C)C=Nc1nc(OCc2ccccc2)c2[nH]cnc2n1. The Kier molecular flexibility index (Phi) is 3.95. The fourth-order valence-corrected chi connectivity index (χ4v) is 1.85. The molecule has 0 saturated heterocycles. The lowest BCUT2D eigenvalue weighted by molar-refractivity contribution is 0.297. The molecule has 0 bridgehead atoms. The summed E-state index contributed by atoms with van der Waals surface area (Å²) in [6, 6.07) is 9.90. The van der Waals surface area contributed by atoms with E-state index in [0.717, 1.165) is 5.56 Å². The highest BCUT2D eigenvalue weighted by molar-refractivity contribution is 5.77. The molecule has 0 fully saturated rings. The molecule has 3 rings (SSSR count). The first kappa shape index (κ1) is 14.0. The number of nitrogens with zero attached hydrogens (tertiary/aromatic N) is 5. The molecule has 0 aliphatic rings. The van der Waals surface area contributed by atoms with Gasteiger partial charge in [0.2, 0.25) is 5.88 Å². The third-order valence-corrected chi connectivity index (χ3v) is 2.86. The van der Waals surface area contributed by atoms with Crippen LogP contribution >= 0.6 is 0 Å². The largest absolute Gasteiger partial charge is 0.471 e. The minimum atomic E-state index is 0.316. The van der Waals surface area contributed by atoms with Crippen LogP contribution in [0.3, 0.4) is 0 Å². The molecule has 0 aliphatic carbocycles. The zero-order chi connectivity index (χ0) is 15.4. The van der Waals surface area contributed by atoms with Crippen molar-refractivity contribution in [3.63, 3.8) is 0 Å². The fourth-order valence-electron chi connectivity index (χ4n) is 1.85. The molecule has 1 N–H and O–H groups in total. The van der Waals surface area contributed by atoms with Crippen LogP contribution in [-0.4, -0.2) is 45.3 Å². The standard InChI is InChI=1S/C15H16N6O/c1-21(2)10-18-15-19-13-12(16-9-17-13)14(20-15)22-8-11-6-4-3-5-7-11/h3-7,9-10H,8H2,1-2H3,(H,16,17,19,20). The number of nitrogens with one attached hydrogen (secondary N) is 1. The second-order valence-corrected chi connectivity index (χ2v) is 4.91. The monoisotopic (exact) mass is 296 g/mol. The molecule has 3 aromatic rings. The van der Waals surface area contributed by atoms with Crippen LogP contribution in [0.4, 0.5) is 5.95 Å². The first-order chi connectivity index (χ1) is 10.7. The van der Waals surface area contributed by atoms with Crippen molar-refractivity contribution in [1.82, 2.24) is 24.8 Å². The van der Waals surface area contributed by atoms with E-state index in [1.807, 2.05) is 49.3 Å². The molecule has 2 aromatic heterocycles. The van der Waals surface area contributed by atoms with Gasteiger partial charge in [0.05, 0.1) is 12.7 Å². The number of imidazole rings is 1. The van der Waals surface area contributed by atoms with Gasteiger partial charge in [-0.25, -0.2) is 9.98 Å². The summed E-state index contributed by atoms with van der Waals surface area (Å²) in [7, 11) is 3.76. The first-order valence-electron chi connectivity index (χ1n) is 6.81. The molecule has 0 saturated carbocycles. The average Bonchev–Trinajstić information content (AvgIpc) is 3.00. The van der Waals surface area contributed by atoms with Crippen molar-refractivity contribution in [3.8, 4) is 5.88 Å². The van der Waals surface area contributed by atoms with Crippen molar-refractivity contribution >= 4 is 23.5 Å². The number of hydrogen-bond donors (Lipinski definition) is 1. The van der Waals surface area contributed by atoms with Crippen molar-refractivity contribution < 1.29 is 4.74 Å². The van der Waals surface area contributed by atoms with Crippen molar-refractivity contribution in [1.29, 1.82) is 0 Å². The van der Waals surface area contributed by atoms with E-state index in [2.05, 4.69) is 24.9 Å². The highest BCUT2D eigenvalue weighted by Crippen LogP contribution is 2.22. The normalized spacial score (nSPS) is 11.2. The Hall–Kier alpha value is -2.96. The summed E-state index contributed by atoms with van der Waals surface area (Å²) < 4.78 is 5.80. The Morgan fingerprint density at radius 2 is 2.05 bits per heavy atom. The third-order valence-electron chi connectivity index (χ3n) is 2.86. The maximum Gasteiger partial charge on any atom is 0.256 e. The van der Waals surface area contributed by atoms with Gasteiger partial charge in [-0.2, -0.15) is 9.97 Å². The second-order valence-electron chi connectivity index (χ2n) is 4.91. The third kappa shape index (κ3) is 3.20. The van der Waals surface area contributed by atoms with Crippen molar-refractivity contribution in [2.45, 2.75) is 6.61 Å². The minimum absolute atomic E-state index is 0.316. The van der Waals surface area contributed by atoms with Gasteiger partial charge in [0.15, 0.2) is 5.65 Å². The summed E-state index contributed by atoms with van der Waals surface area (Å²) in [5.41, 5.74) is 2.26. The van der Waals surface area contributed by atoms with E-state index in [-0.39, 0.29) is 0 Å². The summed E-state index contributed by atoms with van der Waals surface area (Å²) in [4.78, 5) is 21.7. The number of rotatable bonds is 5. The van der Waals surface area contributed by atoms with Crippen LogP contribution in [-0.2, 0) is 6.61 Å². The minimum Gasteiger partial charge on any atom is -0.471 e. The zero-order valence-electron chi connectivity index (χ0n) is 12.4. The van der Waals surface area contributed by atoms with E-state index in [9.17, 15) is 0 Å². The summed E-state index contributed by atoms with van der Waals surface area (Å²) in [6.45, 7) is 0.419. The maximum absolute atomic E-state index is 5.80. The van der Waals surface area contributed by atoms with Crippen LogP contribution < -0.4 is 4.74 Å². The van der Waals surface area contributed by atoms with Gasteiger partial charge in [-0.1, -0.05) is 30.3 Å². The van der Waals surface area contributed by atoms with Gasteiger partial charge in [0, 0.05) is 14.1 Å². The predicted octanol–water partition coefficient (Wildman–Crippen LogP) is 2.15. The number of benzene rings is 1. The van der Waals surface area contributed by atoms with Gasteiger partial charge in [-0.05, 0) is 5.56 Å². The van der Waals surface area contributed by atoms with Gasteiger partial charge in [0.25, 0.3) is 5.95 Å². The van der Waals surface area contributed by atoms with Crippen LogP contribution in [0.1, 0.15) is 5.56 Å². The quantitative estimate of drug-likeness (QED) is 0.576. The van der Waals surface area contributed by atoms with Crippen molar-refractivity contribution in [2.24, 2.45) is 4.99 Å². The van der Waals surface area contributed by atoms with Gasteiger partial charge in [-0.3, -0.25) is 0 Å². The van der Waals surface area contributed by atoms with E-state index in [0.29, 0.717) is 29.6 Å². The predicted molar refractivity (Wildman–Crippen MR) is 84.3 cm³/mol. The van der Waals surface area contributed by atoms with Crippen molar-refractivity contribution in [2.75, 3.05) is 14.1 Å². The molecule has 0 aliphatic heterocycles. The average molecular weight is 296 g/mol. The van der Waals surface area contributed by atoms with Crippen LogP contribution in [0.2, 0.25) is 0 Å². The van der Waals surface area contributed by atoms with E-state index in [4.69, 9.17) is 4.74 Å². The number of aromatic amines is 1. The summed E-state index contributed by atoms with van der Waals surface area (Å²) in [5, 5.41) is 0. The molecule has 0 amide bonds. The molecule has 112 valence electrons. The van der Waals surface area contributed by atoms with Gasteiger partial charge >= 0.3 is 0 Å². The van der Waals surface area contributed by atoms with E-state index in [1.165, 1.54) is 0 Å². The number of hydrogen-bond acceptors (Lipinski definition) is 5. The Bertz CT molecular complexity index is 781. The Labute approximate surface area is 127 Å². The lowest BCUT2D eigenvalue weighted by Crippen LogP contribution is -2.07. The fraction of sp³-hybridized carbons (Fsp3) is 0.200. The van der Waals surface area contributed by atoms with E-state index in [1.54, 1.807) is 12.7 Å². The number of ether oxygens (including phenoxy) is 1. The van der Waals surface area contributed by atoms with Crippen molar-refractivity contribution in [3.05, 3.63) is 42.2 Å². The van der Waals surface area contributed by atoms with Crippen LogP contribution in [0, 0.1) is 0 Å². The molecular weight excluding hydrogens is 280 g/mol. The summed E-state index contributed by atoms with van der Waals surface area (Å²) in [5.74, 6) is 0.758. The molecule has 2 heterocycles. The number of aromatic nitrogens is 4. The smallest absolute Gasteiger partial charge is 0.256 e. The van der Waals surface area contributed by atoms with E-state index < -0.39 is 0 Å². The van der Waals surface area contributed by atoms with Crippen LogP contribution in [0.15, 0.2) is 41.7 Å². The molecule has 7 heteroatoms. The molecule has 0 atom stereocenters. The zero-order valence-corrected chi connectivity index (χ0v) is 12.4. The lowest BCUT2D eigenvalue weighted by Gasteiger charge is -2.07. The summed E-state index contributed by atoms with van der Waals surface area (Å²) in [6.07, 6.45) is 3.20. The molecule has 7 nitrogen and oxygen atoms in total. The maximum atomic E-state index is 5.80. The van der Waals surface area contributed by atoms with Gasteiger partial charge < -0.3 is 14.6 Å².